The molecule has 0 aromatic rings. The number of rotatable bonds is 0. The molecule has 0 aliphatic carbocycles. The van der Waals surface area contributed by atoms with E-state index < -0.39 is 11.7 Å². The van der Waals surface area contributed by atoms with Gasteiger partial charge in [-0.15, -0.1) is 5.73 Å². The van der Waals surface area contributed by atoms with E-state index in [-0.39, 0.29) is 0 Å². The van der Waals surface area contributed by atoms with E-state index in [2.05, 4.69) is 6.58 Å². The van der Waals surface area contributed by atoms with Crippen LogP contribution in [0.5, 0.6) is 0 Å². The molecule has 0 amide bonds. The zero-order valence-electron chi connectivity index (χ0n) is 4.34. The van der Waals surface area contributed by atoms with E-state index in [1.54, 1.807) is 5.73 Å². The number of hydrogen-bond donors (Lipinski definition) is 0. The normalized spacial score (nSPS) is 10.5. The Bertz CT molecular complexity index is 125. The highest BCUT2D eigenvalue weighted by Gasteiger charge is 2.29. The predicted octanol–water partition coefficient (Wildman–Crippen LogP) is 2.28. The Balaban J connectivity index is 4.26. The van der Waals surface area contributed by atoms with Crippen LogP contribution in [0, 0.1) is 0 Å². The highest BCUT2D eigenvalue weighted by atomic mass is 19.4. The van der Waals surface area contributed by atoms with E-state index in [0.29, 0.717) is 0 Å². The zero-order valence-corrected chi connectivity index (χ0v) is 4.34. The van der Waals surface area contributed by atoms with Crippen molar-refractivity contribution in [3.63, 3.8) is 0 Å². The van der Waals surface area contributed by atoms with Gasteiger partial charge in [0.1, 0.15) is 0 Å². The van der Waals surface area contributed by atoms with E-state index in [1.165, 1.54) is 0 Å². The lowest BCUT2D eigenvalue weighted by atomic mass is 10.3. The summed E-state index contributed by atoms with van der Waals surface area (Å²) in [5.41, 5.74) is 0.966. The van der Waals surface area contributed by atoms with Crippen LogP contribution in [0.15, 0.2) is 17.9 Å². The van der Waals surface area contributed by atoms with Crippen LogP contribution in [-0.2, 0) is 0 Å². The van der Waals surface area contributed by atoms with Crippen molar-refractivity contribution in [3.8, 4) is 0 Å². The van der Waals surface area contributed by atoms with Crippen molar-refractivity contribution in [2.45, 2.75) is 13.1 Å². The van der Waals surface area contributed by atoms with Gasteiger partial charge >= 0.3 is 6.18 Å². The van der Waals surface area contributed by atoms with Crippen LogP contribution in [0.3, 0.4) is 0 Å². The Morgan fingerprint density at radius 1 is 1.50 bits per heavy atom. The van der Waals surface area contributed by atoms with Crippen molar-refractivity contribution in [2.24, 2.45) is 0 Å². The summed E-state index contributed by atoms with van der Waals surface area (Å²) in [6.07, 6.45) is -4.25. The van der Waals surface area contributed by atoms with Gasteiger partial charge in [-0.1, -0.05) is 6.58 Å². The molecule has 0 saturated heterocycles. The Kier molecular flexibility index (Phi) is 1.88. The minimum absolute atomic E-state index is 0.780. The van der Waals surface area contributed by atoms with Gasteiger partial charge < -0.3 is 0 Å². The minimum atomic E-state index is -4.25. The molecular weight excluding hydrogens is 117 g/mol. The summed E-state index contributed by atoms with van der Waals surface area (Å²) in [6.45, 7) is 3.77. The smallest absolute Gasteiger partial charge is 0.166 e. The van der Waals surface area contributed by atoms with Crippen LogP contribution < -0.4 is 0 Å². The lowest BCUT2D eigenvalue weighted by Gasteiger charge is -2.00. The lowest BCUT2D eigenvalue weighted by Crippen LogP contribution is -2.07. The van der Waals surface area contributed by atoms with Crippen LogP contribution in [0.2, 0.25) is 0 Å². The number of alkyl halides is 3. The van der Waals surface area contributed by atoms with E-state index >= 15 is 0 Å². The van der Waals surface area contributed by atoms with E-state index in [0.717, 1.165) is 6.92 Å². The van der Waals surface area contributed by atoms with Crippen LogP contribution in [0.1, 0.15) is 6.92 Å². The molecule has 0 rings (SSSR count). The zero-order chi connectivity index (χ0) is 6.78. The first-order chi connectivity index (χ1) is 3.48. The van der Waals surface area contributed by atoms with Crippen molar-refractivity contribution < 1.29 is 13.2 Å². The maximum absolute atomic E-state index is 11.3. The topological polar surface area (TPSA) is 0 Å². The molecule has 0 atom stereocenters. The van der Waals surface area contributed by atoms with Gasteiger partial charge in [-0.3, -0.25) is 0 Å². The van der Waals surface area contributed by atoms with Gasteiger partial charge in [0.25, 0.3) is 0 Å². The summed E-state index contributed by atoms with van der Waals surface area (Å²) in [7, 11) is 0. The van der Waals surface area contributed by atoms with Gasteiger partial charge in [-0.25, -0.2) is 0 Å². The van der Waals surface area contributed by atoms with Crippen LogP contribution in [0.25, 0.3) is 0 Å². The molecule has 0 aliphatic heterocycles. The predicted molar refractivity (Wildman–Crippen MR) is 24.4 cm³/mol. The molecule has 0 aromatic carbocycles. The fraction of sp³-hybridized carbons (Fsp3) is 0.400. The molecule has 0 N–H and O–H groups in total. The highest BCUT2D eigenvalue weighted by Crippen LogP contribution is 2.23. The molecule has 0 radical (unpaired) electrons. The van der Waals surface area contributed by atoms with Gasteiger partial charge in [0.05, 0.1) is 5.57 Å². The quantitative estimate of drug-likeness (QED) is 0.432. The van der Waals surface area contributed by atoms with Crippen LogP contribution in [-0.4, -0.2) is 6.18 Å². The first-order valence-corrected chi connectivity index (χ1v) is 1.92. The molecule has 0 nitrogen and oxygen atoms in total. The fourth-order valence-corrected chi connectivity index (χ4v) is 0.100. The summed E-state index contributed by atoms with van der Waals surface area (Å²) < 4.78 is 33.9. The van der Waals surface area contributed by atoms with E-state index in [9.17, 15) is 13.2 Å². The largest absolute Gasteiger partial charge is 0.419 e. The Morgan fingerprint density at radius 3 is 1.88 bits per heavy atom. The maximum Gasteiger partial charge on any atom is 0.419 e. The molecular formula is C5H5F3. The molecule has 0 unspecified atom stereocenters. The third-order valence-electron chi connectivity index (χ3n) is 0.690. The monoisotopic (exact) mass is 122 g/mol. The van der Waals surface area contributed by atoms with Gasteiger partial charge in [0, 0.05) is 0 Å². The molecule has 0 bridgehead atoms. The molecule has 0 aromatic heterocycles. The minimum Gasteiger partial charge on any atom is -0.166 e. The summed E-state index contributed by atoms with van der Waals surface area (Å²) >= 11 is 0. The van der Waals surface area contributed by atoms with Gasteiger partial charge in [0.15, 0.2) is 0 Å². The van der Waals surface area contributed by atoms with Crippen molar-refractivity contribution in [1.82, 2.24) is 0 Å². The summed E-state index contributed by atoms with van der Waals surface area (Å²) in [5.74, 6) is 0. The second-order valence-electron chi connectivity index (χ2n) is 1.30. The Hall–Kier alpha value is -0.690. The third kappa shape index (κ3) is 1.85. The average Bonchev–Trinajstić information content (AvgIpc) is 1.62. The molecule has 0 fully saturated rings. The second-order valence-corrected chi connectivity index (χ2v) is 1.30. The van der Waals surface area contributed by atoms with E-state index in [4.69, 9.17) is 0 Å². The van der Waals surface area contributed by atoms with Crippen molar-refractivity contribution in [3.05, 3.63) is 17.9 Å². The van der Waals surface area contributed by atoms with Crippen molar-refractivity contribution in [1.29, 1.82) is 0 Å². The standard InChI is InChI=1S/C5H5F3/c1-3-4(2)5(6,7)8/h1H2,2H3. The summed E-state index contributed by atoms with van der Waals surface area (Å²) in [6, 6.07) is 0. The lowest BCUT2D eigenvalue weighted by molar-refractivity contribution is -0.0910. The second kappa shape index (κ2) is 2.05. The van der Waals surface area contributed by atoms with E-state index in [1.807, 2.05) is 0 Å². The van der Waals surface area contributed by atoms with Crippen molar-refractivity contribution >= 4 is 0 Å². The van der Waals surface area contributed by atoms with Crippen LogP contribution >= 0.6 is 0 Å². The summed E-state index contributed by atoms with van der Waals surface area (Å²) in [5, 5.41) is 0. The number of hydrogen-bond acceptors (Lipinski definition) is 0. The molecule has 0 saturated carbocycles. The van der Waals surface area contributed by atoms with Crippen LogP contribution in [0.4, 0.5) is 13.2 Å². The Labute approximate surface area is 45.3 Å². The fourth-order valence-electron chi connectivity index (χ4n) is 0.100. The molecule has 0 aliphatic rings. The third-order valence-corrected chi connectivity index (χ3v) is 0.690. The maximum atomic E-state index is 11.3. The molecule has 0 heterocycles. The van der Waals surface area contributed by atoms with Gasteiger partial charge in [-0.2, -0.15) is 13.2 Å². The molecule has 8 heavy (non-hydrogen) atoms. The number of halogens is 3. The van der Waals surface area contributed by atoms with Gasteiger partial charge in [0.2, 0.25) is 0 Å². The highest BCUT2D eigenvalue weighted by molar-refractivity contribution is 5.01. The molecule has 46 valence electrons. The average molecular weight is 122 g/mol. The molecule has 0 spiro atoms. The van der Waals surface area contributed by atoms with Crippen molar-refractivity contribution in [2.75, 3.05) is 0 Å². The SMILES string of the molecule is C=C=C(C)C(F)(F)F. The number of allylic oxidation sites excluding steroid dienone is 1. The van der Waals surface area contributed by atoms with Gasteiger partial charge in [-0.05, 0) is 6.92 Å². The summed E-state index contributed by atoms with van der Waals surface area (Å²) in [4.78, 5) is 0. The first kappa shape index (κ1) is 7.31. The molecule has 3 heteroatoms. The first-order valence-electron chi connectivity index (χ1n) is 1.92. The Morgan fingerprint density at radius 2 is 1.88 bits per heavy atom.